The van der Waals surface area contributed by atoms with E-state index in [0.717, 1.165) is 22.2 Å². The number of pyridine rings is 1. The zero-order valence-electron chi connectivity index (χ0n) is 13.9. The summed E-state index contributed by atoms with van der Waals surface area (Å²) in [5.41, 5.74) is 2.23. The van der Waals surface area contributed by atoms with Gasteiger partial charge in [0.1, 0.15) is 11.8 Å². The molecule has 7 heteroatoms. The Morgan fingerprint density at radius 2 is 2.08 bits per heavy atom. The maximum Gasteiger partial charge on any atom is 0.272 e. The third-order valence-electron chi connectivity index (χ3n) is 4.31. The number of benzene rings is 1. The first kappa shape index (κ1) is 16.8. The van der Waals surface area contributed by atoms with Gasteiger partial charge in [0.05, 0.1) is 16.7 Å². The number of likely N-dealkylation sites (tertiary alicyclic amines) is 1. The summed E-state index contributed by atoms with van der Waals surface area (Å²) in [7, 11) is 0. The van der Waals surface area contributed by atoms with Gasteiger partial charge in [0, 0.05) is 24.7 Å². The maximum absolute atomic E-state index is 12.7. The highest BCUT2D eigenvalue weighted by molar-refractivity contribution is 9.10. The normalized spacial score (nSPS) is 16.7. The zero-order chi connectivity index (χ0) is 17.9. The Labute approximate surface area is 159 Å². The van der Waals surface area contributed by atoms with E-state index in [-0.39, 0.29) is 12.0 Å². The van der Waals surface area contributed by atoms with Crippen molar-refractivity contribution in [3.8, 4) is 17.1 Å². The van der Waals surface area contributed by atoms with Gasteiger partial charge in [-0.2, -0.15) is 5.10 Å². The van der Waals surface area contributed by atoms with Crippen LogP contribution in [0.5, 0.6) is 5.88 Å². The van der Waals surface area contributed by atoms with Crippen LogP contribution in [0, 0.1) is 0 Å². The van der Waals surface area contributed by atoms with Crippen LogP contribution in [0.3, 0.4) is 0 Å². The van der Waals surface area contributed by atoms with Gasteiger partial charge in [-0.25, -0.2) is 4.98 Å². The first-order valence-corrected chi connectivity index (χ1v) is 9.17. The summed E-state index contributed by atoms with van der Waals surface area (Å²) in [6.07, 6.45) is 2.39. The molecular formula is C19H17BrN4O2. The zero-order valence-corrected chi connectivity index (χ0v) is 15.5. The summed E-state index contributed by atoms with van der Waals surface area (Å²) >= 11 is 3.43. The van der Waals surface area contributed by atoms with Crippen molar-refractivity contribution >= 4 is 21.8 Å². The van der Waals surface area contributed by atoms with Crippen molar-refractivity contribution in [3.05, 3.63) is 64.9 Å². The molecule has 0 saturated carbocycles. The molecule has 0 bridgehead atoms. The molecular weight excluding hydrogens is 396 g/mol. The highest BCUT2D eigenvalue weighted by atomic mass is 79.9. The second kappa shape index (κ2) is 7.29. The summed E-state index contributed by atoms with van der Waals surface area (Å²) in [4.78, 5) is 18.7. The number of carbonyl (C=O) groups is 1. The van der Waals surface area contributed by atoms with Crippen LogP contribution in [0.25, 0.3) is 11.3 Å². The molecule has 26 heavy (non-hydrogen) atoms. The number of nitrogens with zero attached hydrogens (tertiary/aromatic N) is 3. The molecule has 132 valence electrons. The average Bonchev–Trinajstić information content (AvgIpc) is 3.34. The van der Waals surface area contributed by atoms with Crippen LogP contribution in [0.4, 0.5) is 0 Å². The number of nitrogens with one attached hydrogen (secondary N) is 1. The average molecular weight is 413 g/mol. The van der Waals surface area contributed by atoms with Crippen molar-refractivity contribution in [2.75, 3.05) is 13.1 Å². The van der Waals surface area contributed by atoms with Gasteiger partial charge in [-0.05, 0) is 34.1 Å². The lowest BCUT2D eigenvalue weighted by Crippen LogP contribution is -2.31. The van der Waals surface area contributed by atoms with Gasteiger partial charge in [-0.15, -0.1) is 0 Å². The van der Waals surface area contributed by atoms with Crippen molar-refractivity contribution in [3.63, 3.8) is 0 Å². The molecule has 0 spiro atoms. The van der Waals surface area contributed by atoms with Gasteiger partial charge in [0.25, 0.3) is 5.91 Å². The van der Waals surface area contributed by atoms with E-state index in [1.165, 1.54) is 0 Å². The van der Waals surface area contributed by atoms with E-state index in [0.29, 0.717) is 24.7 Å². The van der Waals surface area contributed by atoms with Gasteiger partial charge >= 0.3 is 0 Å². The van der Waals surface area contributed by atoms with E-state index in [4.69, 9.17) is 4.74 Å². The smallest absolute Gasteiger partial charge is 0.272 e. The van der Waals surface area contributed by atoms with Gasteiger partial charge in [0.15, 0.2) is 0 Å². The van der Waals surface area contributed by atoms with E-state index < -0.39 is 0 Å². The van der Waals surface area contributed by atoms with Crippen LogP contribution in [-0.2, 0) is 0 Å². The van der Waals surface area contributed by atoms with E-state index in [9.17, 15) is 4.79 Å². The number of hydrogen-bond acceptors (Lipinski definition) is 4. The molecule has 1 amide bonds. The lowest BCUT2D eigenvalue weighted by Gasteiger charge is -2.16. The Morgan fingerprint density at radius 1 is 1.23 bits per heavy atom. The number of halogens is 1. The van der Waals surface area contributed by atoms with E-state index in [2.05, 4.69) is 31.1 Å². The summed E-state index contributed by atoms with van der Waals surface area (Å²) in [5, 5.41) is 7.11. The van der Waals surface area contributed by atoms with Gasteiger partial charge in [-0.3, -0.25) is 9.89 Å². The fourth-order valence-electron chi connectivity index (χ4n) is 2.98. The first-order chi connectivity index (χ1) is 12.7. The standard InChI is InChI=1S/C19H17BrN4O2/c20-15-7-4-9-21-18(15)26-14-8-10-24(12-14)19(25)17-11-16(22-23-17)13-5-2-1-3-6-13/h1-7,9,11,14H,8,10,12H2,(H,22,23). The number of rotatable bonds is 4. The third-order valence-corrected chi connectivity index (χ3v) is 4.92. The van der Waals surface area contributed by atoms with E-state index in [1.54, 1.807) is 17.2 Å². The molecule has 1 atom stereocenters. The minimum absolute atomic E-state index is 0.0640. The third kappa shape index (κ3) is 3.48. The number of aromatic nitrogens is 3. The van der Waals surface area contributed by atoms with Crippen molar-refractivity contribution in [1.82, 2.24) is 20.1 Å². The van der Waals surface area contributed by atoms with Crippen LogP contribution in [-0.4, -0.2) is 45.2 Å². The van der Waals surface area contributed by atoms with Crippen molar-refractivity contribution in [2.45, 2.75) is 12.5 Å². The first-order valence-electron chi connectivity index (χ1n) is 8.38. The van der Waals surface area contributed by atoms with Crippen molar-refractivity contribution in [2.24, 2.45) is 0 Å². The number of ether oxygens (including phenoxy) is 1. The van der Waals surface area contributed by atoms with Crippen LogP contribution >= 0.6 is 15.9 Å². The predicted octanol–water partition coefficient (Wildman–Crippen LogP) is 3.53. The van der Waals surface area contributed by atoms with E-state index in [1.807, 2.05) is 42.5 Å². The van der Waals surface area contributed by atoms with Gasteiger partial charge < -0.3 is 9.64 Å². The summed E-state index contributed by atoms with van der Waals surface area (Å²) in [6, 6.07) is 15.3. The van der Waals surface area contributed by atoms with Crippen LogP contribution in [0.1, 0.15) is 16.9 Å². The van der Waals surface area contributed by atoms with Gasteiger partial charge in [0.2, 0.25) is 5.88 Å². The van der Waals surface area contributed by atoms with Crippen LogP contribution in [0.15, 0.2) is 59.2 Å². The number of carbonyl (C=O) groups excluding carboxylic acids is 1. The molecule has 0 aliphatic carbocycles. The summed E-state index contributed by atoms with van der Waals surface area (Å²) in [6.45, 7) is 1.18. The molecule has 1 N–H and O–H groups in total. The minimum atomic E-state index is -0.0679. The molecule has 1 aliphatic rings. The van der Waals surface area contributed by atoms with Crippen molar-refractivity contribution < 1.29 is 9.53 Å². The Hall–Kier alpha value is -2.67. The number of hydrogen-bond donors (Lipinski definition) is 1. The maximum atomic E-state index is 12.7. The Morgan fingerprint density at radius 3 is 2.88 bits per heavy atom. The highest BCUT2D eigenvalue weighted by Crippen LogP contribution is 2.25. The van der Waals surface area contributed by atoms with Crippen LogP contribution in [0.2, 0.25) is 0 Å². The lowest BCUT2D eigenvalue weighted by molar-refractivity contribution is 0.0765. The van der Waals surface area contributed by atoms with Crippen LogP contribution < -0.4 is 4.74 Å². The van der Waals surface area contributed by atoms with E-state index >= 15 is 0 Å². The molecule has 3 aromatic rings. The fourth-order valence-corrected chi connectivity index (χ4v) is 3.33. The molecule has 1 saturated heterocycles. The molecule has 0 radical (unpaired) electrons. The lowest BCUT2D eigenvalue weighted by atomic mass is 10.1. The largest absolute Gasteiger partial charge is 0.472 e. The quantitative estimate of drug-likeness (QED) is 0.711. The predicted molar refractivity (Wildman–Crippen MR) is 101 cm³/mol. The second-order valence-electron chi connectivity index (χ2n) is 6.10. The Balaban J connectivity index is 1.42. The molecule has 4 rings (SSSR count). The number of amides is 1. The summed E-state index contributed by atoms with van der Waals surface area (Å²) < 4.78 is 6.73. The second-order valence-corrected chi connectivity index (χ2v) is 6.96. The monoisotopic (exact) mass is 412 g/mol. The SMILES string of the molecule is O=C(c1cc(-c2ccccc2)n[nH]1)N1CCC(Oc2ncccc2Br)C1. The Bertz CT molecular complexity index is 913. The molecule has 1 aromatic carbocycles. The Kier molecular flexibility index (Phi) is 4.71. The molecule has 2 aromatic heterocycles. The molecule has 3 heterocycles. The molecule has 1 fully saturated rings. The summed E-state index contributed by atoms with van der Waals surface area (Å²) in [5.74, 6) is 0.491. The molecule has 6 nitrogen and oxygen atoms in total. The number of aromatic amines is 1. The highest BCUT2D eigenvalue weighted by Gasteiger charge is 2.29. The number of H-pyrrole nitrogens is 1. The fraction of sp³-hybridized carbons (Fsp3) is 0.211. The van der Waals surface area contributed by atoms with Gasteiger partial charge in [-0.1, -0.05) is 30.3 Å². The molecule has 1 unspecified atom stereocenters. The topological polar surface area (TPSA) is 71.1 Å². The minimum Gasteiger partial charge on any atom is -0.472 e. The molecule has 1 aliphatic heterocycles. The van der Waals surface area contributed by atoms with Crippen molar-refractivity contribution in [1.29, 1.82) is 0 Å².